The molecule has 0 saturated heterocycles. The van der Waals surface area contributed by atoms with Gasteiger partial charge in [0.2, 0.25) is 0 Å². The lowest BCUT2D eigenvalue weighted by atomic mass is 10.1. The van der Waals surface area contributed by atoms with E-state index in [4.69, 9.17) is 16.1 Å². The van der Waals surface area contributed by atoms with Crippen molar-refractivity contribution in [1.82, 2.24) is 10.1 Å². The zero-order valence-corrected chi connectivity index (χ0v) is 17.5. The molecule has 0 saturated carbocycles. The number of nitrogens with zero attached hydrogens (tertiary/aromatic N) is 2. The predicted molar refractivity (Wildman–Crippen MR) is 111 cm³/mol. The number of thiazole rings is 1. The first-order valence-electron chi connectivity index (χ1n) is 8.41. The fourth-order valence-electron chi connectivity index (χ4n) is 2.83. The molecule has 0 atom stereocenters. The summed E-state index contributed by atoms with van der Waals surface area (Å²) in [6.45, 7) is 1.52. The number of aryl methyl sites for hydroxylation is 1. The van der Waals surface area contributed by atoms with Gasteiger partial charge in [-0.05, 0) is 37.3 Å². The Bertz CT molecular complexity index is 1240. The molecule has 0 aliphatic heterocycles. The molecule has 0 radical (unpaired) electrons. The summed E-state index contributed by atoms with van der Waals surface area (Å²) in [5.41, 5.74) is 0.507. The van der Waals surface area contributed by atoms with Crippen LogP contribution in [0, 0.1) is 12.7 Å². The Morgan fingerprint density at radius 3 is 2.83 bits per heavy atom. The number of anilines is 1. The first kappa shape index (κ1) is 20.7. The SMILES string of the molecule is Cc1onc(-c2c(F)cccc2Cl)c1C(=O)Nc1nc2ccc(SC(F)F)cc2s1. The van der Waals surface area contributed by atoms with Gasteiger partial charge in [0.1, 0.15) is 22.8 Å². The normalized spacial score (nSPS) is 11.4. The van der Waals surface area contributed by atoms with Crippen LogP contribution in [0.5, 0.6) is 0 Å². The molecule has 2 aromatic carbocycles. The van der Waals surface area contributed by atoms with E-state index in [1.165, 1.54) is 31.2 Å². The van der Waals surface area contributed by atoms with Gasteiger partial charge in [0, 0.05) is 4.90 Å². The summed E-state index contributed by atoms with van der Waals surface area (Å²) < 4.78 is 45.2. The molecule has 1 N–H and O–H groups in total. The minimum Gasteiger partial charge on any atom is -0.360 e. The predicted octanol–water partition coefficient (Wildman–Crippen LogP) is 6.62. The van der Waals surface area contributed by atoms with Gasteiger partial charge in [0.05, 0.1) is 20.8 Å². The van der Waals surface area contributed by atoms with Crippen molar-refractivity contribution in [2.45, 2.75) is 17.6 Å². The van der Waals surface area contributed by atoms with Crippen LogP contribution in [-0.4, -0.2) is 21.8 Å². The molecule has 11 heteroatoms. The minimum absolute atomic E-state index is 0.0233. The number of hydrogen-bond donors (Lipinski definition) is 1. The van der Waals surface area contributed by atoms with Crippen LogP contribution in [0.3, 0.4) is 0 Å². The number of fused-ring (bicyclic) bond motifs is 1. The number of carbonyl (C=O) groups is 1. The molecule has 0 unspecified atom stereocenters. The standard InChI is InChI=1S/C19H11ClF3N3O2S2/c1-8-14(16(26-28-8)15-10(20)3-2-4-11(15)21)17(27)25-19-24-12-6-5-9(29-18(22)23)7-13(12)30-19/h2-7,18H,1H3,(H,24,25,27). The summed E-state index contributed by atoms with van der Waals surface area (Å²) in [6.07, 6.45) is 0. The highest BCUT2D eigenvalue weighted by Crippen LogP contribution is 2.35. The van der Waals surface area contributed by atoms with Crippen LogP contribution >= 0.6 is 34.7 Å². The highest BCUT2D eigenvalue weighted by molar-refractivity contribution is 7.99. The molecule has 5 nitrogen and oxygen atoms in total. The fraction of sp³-hybridized carbons (Fsp3) is 0.105. The van der Waals surface area contributed by atoms with Crippen molar-refractivity contribution in [2.75, 3.05) is 5.32 Å². The van der Waals surface area contributed by atoms with Crippen molar-refractivity contribution in [3.8, 4) is 11.3 Å². The maximum absolute atomic E-state index is 14.3. The van der Waals surface area contributed by atoms with Gasteiger partial charge in [-0.1, -0.05) is 45.9 Å². The number of benzene rings is 2. The van der Waals surface area contributed by atoms with Crippen molar-refractivity contribution < 1.29 is 22.5 Å². The molecule has 30 heavy (non-hydrogen) atoms. The van der Waals surface area contributed by atoms with Crippen LogP contribution in [0.4, 0.5) is 18.3 Å². The number of alkyl halides is 2. The Hall–Kier alpha value is -2.56. The van der Waals surface area contributed by atoms with Gasteiger partial charge >= 0.3 is 0 Å². The zero-order chi connectivity index (χ0) is 21.4. The highest BCUT2D eigenvalue weighted by Gasteiger charge is 2.26. The Morgan fingerprint density at radius 2 is 2.10 bits per heavy atom. The lowest BCUT2D eigenvalue weighted by molar-refractivity contribution is 0.102. The smallest absolute Gasteiger partial charge is 0.288 e. The topological polar surface area (TPSA) is 68.0 Å². The number of carbonyl (C=O) groups excluding carboxylic acids is 1. The molecule has 154 valence electrons. The second kappa shape index (κ2) is 8.29. The van der Waals surface area contributed by atoms with Crippen LogP contribution in [0.2, 0.25) is 5.02 Å². The molecule has 0 spiro atoms. The average molecular weight is 470 g/mol. The number of thioether (sulfide) groups is 1. The summed E-state index contributed by atoms with van der Waals surface area (Å²) in [5.74, 6) is -3.61. The van der Waals surface area contributed by atoms with Crippen LogP contribution in [0.1, 0.15) is 16.1 Å². The van der Waals surface area contributed by atoms with Crippen molar-refractivity contribution in [2.24, 2.45) is 0 Å². The average Bonchev–Trinajstić information content (AvgIpc) is 3.23. The third-order valence-electron chi connectivity index (χ3n) is 4.09. The number of amides is 1. The molecule has 2 aromatic heterocycles. The quantitative estimate of drug-likeness (QED) is 0.333. The second-order valence-corrected chi connectivity index (χ2v) is 8.54. The summed E-state index contributed by atoms with van der Waals surface area (Å²) in [4.78, 5) is 17.6. The second-order valence-electron chi connectivity index (χ2n) is 6.04. The number of nitrogens with one attached hydrogen (secondary N) is 1. The van der Waals surface area contributed by atoms with Crippen molar-refractivity contribution >= 4 is 56.0 Å². The first-order chi connectivity index (χ1) is 14.3. The van der Waals surface area contributed by atoms with E-state index < -0.39 is 17.5 Å². The van der Waals surface area contributed by atoms with E-state index in [0.717, 1.165) is 11.3 Å². The Kier molecular flexibility index (Phi) is 5.72. The first-order valence-corrected chi connectivity index (χ1v) is 10.5. The maximum atomic E-state index is 14.3. The van der Waals surface area contributed by atoms with E-state index in [-0.39, 0.29) is 32.7 Å². The van der Waals surface area contributed by atoms with E-state index in [1.807, 2.05) is 0 Å². The summed E-state index contributed by atoms with van der Waals surface area (Å²) >= 11 is 7.65. The molecular formula is C19H11ClF3N3O2S2. The van der Waals surface area contributed by atoms with Gasteiger partial charge in [0.25, 0.3) is 11.7 Å². The van der Waals surface area contributed by atoms with Crippen LogP contribution in [0.15, 0.2) is 45.8 Å². The Morgan fingerprint density at radius 1 is 1.30 bits per heavy atom. The monoisotopic (exact) mass is 469 g/mol. The molecule has 1 amide bonds. The summed E-state index contributed by atoms with van der Waals surface area (Å²) in [6, 6.07) is 8.84. The van der Waals surface area contributed by atoms with Gasteiger partial charge in [0.15, 0.2) is 5.13 Å². The van der Waals surface area contributed by atoms with Gasteiger partial charge in [-0.2, -0.15) is 8.78 Å². The summed E-state index contributed by atoms with van der Waals surface area (Å²) in [7, 11) is 0. The molecule has 4 rings (SSSR count). The van der Waals surface area contributed by atoms with E-state index in [1.54, 1.807) is 12.1 Å². The highest BCUT2D eigenvalue weighted by atomic mass is 35.5. The molecule has 2 heterocycles. The van der Waals surface area contributed by atoms with E-state index >= 15 is 0 Å². The molecule has 0 aliphatic rings. The zero-order valence-electron chi connectivity index (χ0n) is 15.1. The van der Waals surface area contributed by atoms with Crippen molar-refractivity contribution in [1.29, 1.82) is 0 Å². The summed E-state index contributed by atoms with van der Waals surface area (Å²) in [5, 5.41) is 6.77. The number of halogens is 4. The number of aromatic nitrogens is 2. The minimum atomic E-state index is -2.53. The number of rotatable bonds is 5. The lowest BCUT2D eigenvalue weighted by Gasteiger charge is -2.05. The maximum Gasteiger partial charge on any atom is 0.288 e. The molecule has 4 aromatic rings. The third-order valence-corrected chi connectivity index (χ3v) is 6.05. The molecule has 0 bridgehead atoms. The van der Waals surface area contributed by atoms with Crippen LogP contribution in [-0.2, 0) is 0 Å². The largest absolute Gasteiger partial charge is 0.360 e. The molecular weight excluding hydrogens is 459 g/mol. The van der Waals surface area contributed by atoms with E-state index in [2.05, 4.69) is 15.5 Å². The lowest BCUT2D eigenvalue weighted by Crippen LogP contribution is -2.13. The Balaban J connectivity index is 1.66. The van der Waals surface area contributed by atoms with Crippen molar-refractivity contribution in [3.63, 3.8) is 0 Å². The van der Waals surface area contributed by atoms with E-state index in [9.17, 15) is 18.0 Å². The molecule has 0 aliphatic carbocycles. The van der Waals surface area contributed by atoms with Gasteiger partial charge < -0.3 is 4.52 Å². The number of hydrogen-bond acceptors (Lipinski definition) is 6. The van der Waals surface area contributed by atoms with Gasteiger partial charge in [-0.3, -0.25) is 10.1 Å². The van der Waals surface area contributed by atoms with Crippen LogP contribution < -0.4 is 5.32 Å². The fourth-order valence-corrected chi connectivity index (χ4v) is 4.59. The van der Waals surface area contributed by atoms with Crippen LogP contribution in [0.25, 0.3) is 21.5 Å². The van der Waals surface area contributed by atoms with E-state index in [0.29, 0.717) is 26.9 Å². The van der Waals surface area contributed by atoms with Gasteiger partial charge in [-0.15, -0.1) is 0 Å². The van der Waals surface area contributed by atoms with Gasteiger partial charge in [-0.25, -0.2) is 9.37 Å². The van der Waals surface area contributed by atoms with Crippen molar-refractivity contribution in [3.05, 3.63) is 58.6 Å². The Labute approximate surface area is 181 Å². The molecule has 0 fully saturated rings. The third kappa shape index (κ3) is 4.03.